The molecule has 0 saturated carbocycles. The van der Waals surface area contributed by atoms with Crippen LogP contribution in [0, 0.1) is 0 Å². The number of nitrogens with zero attached hydrogens (tertiary/aromatic N) is 2. The first-order valence-electron chi connectivity index (χ1n) is 7.06. The van der Waals surface area contributed by atoms with E-state index >= 15 is 0 Å². The minimum absolute atomic E-state index is 0.248. The van der Waals surface area contributed by atoms with Gasteiger partial charge < -0.3 is 14.5 Å². The van der Waals surface area contributed by atoms with Gasteiger partial charge >= 0.3 is 0 Å². The van der Waals surface area contributed by atoms with Gasteiger partial charge in [-0.3, -0.25) is 0 Å². The van der Waals surface area contributed by atoms with E-state index in [2.05, 4.69) is 29.4 Å². The van der Waals surface area contributed by atoms with Crippen LogP contribution in [0.4, 0.5) is 0 Å². The number of ether oxygens (including phenoxy) is 1. The largest absolute Gasteiger partial charge is 0.484 e. The van der Waals surface area contributed by atoms with E-state index in [1.807, 2.05) is 12.1 Å². The summed E-state index contributed by atoms with van der Waals surface area (Å²) in [5.41, 5.74) is 0. The van der Waals surface area contributed by atoms with E-state index in [9.17, 15) is 0 Å². The quantitative estimate of drug-likeness (QED) is 0.759. The summed E-state index contributed by atoms with van der Waals surface area (Å²) in [6.07, 6.45) is 1.73. The summed E-state index contributed by atoms with van der Waals surface area (Å²) < 4.78 is 11.1. The van der Waals surface area contributed by atoms with Gasteiger partial charge in [0.05, 0.1) is 0 Å². The van der Waals surface area contributed by atoms with Gasteiger partial charge in [0.1, 0.15) is 5.75 Å². The van der Waals surface area contributed by atoms with Crippen molar-refractivity contribution in [1.82, 2.24) is 15.5 Å². The summed E-state index contributed by atoms with van der Waals surface area (Å²) in [5.74, 6) is 1.80. The summed E-state index contributed by atoms with van der Waals surface area (Å²) in [4.78, 5) is 0. The average molecular weight is 310 g/mol. The van der Waals surface area contributed by atoms with Crippen LogP contribution in [0.5, 0.6) is 5.75 Å². The highest BCUT2D eigenvalue weighted by Gasteiger charge is 2.07. The first-order valence-corrected chi connectivity index (χ1v) is 7.44. The van der Waals surface area contributed by atoms with Crippen LogP contribution in [0.1, 0.15) is 32.0 Å². The lowest BCUT2D eigenvalue weighted by Crippen LogP contribution is -2.23. The highest BCUT2D eigenvalue weighted by Crippen LogP contribution is 2.18. The van der Waals surface area contributed by atoms with Crippen LogP contribution in [-0.4, -0.2) is 22.8 Å². The molecule has 0 atom stereocenters. The van der Waals surface area contributed by atoms with E-state index in [1.165, 1.54) is 0 Å². The van der Waals surface area contributed by atoms with Gasteiger partial charge in [-0.2, -0.15) is 0 Å². The molecule has 5 nitrogen and oxygen atoms in total. The molecule has 0 radical (unpaired) electrons. The van der Waals surface area contributed by atoms with E-state index in [0.29, 0.717) is 28.6 Å². The first kappa shape index (κ1) is 15.8. The molecule has 0 aliphatic rings. The van der Waals surface area contributed by atoms with Crippen molar-refractivity contribution in [2.24, 2.45) is 0 Å². The molecule has 2 aromatic rings. The van der Waals surface area contributed by atoms with E-state index in [1.54, 1.807) is 12.1 Å². The van der Waals surface area contributed by atoms with Gasteiger partial charge in [0.25, 0.3) is 5.89 Å². The molecule has 0 bridgehead atoms. The third kappa shape index (κ3) is 5.73. The fourth-order valence-electron chi connectivity index (χ4n) is 1.78. The smallest absolute Gasteiger partial charge is 0.253 e. The summed E-state index contributed by atoms with van der Waals surface area (Å²) in [6, 6.07) is 7.70. The highest BCUT2D eigenvalue weighted by atomic mass is 35.5. The van der Waals surface area contributed by atoms with Crippen LogP contribution in [0.3, 0.4) is 0 Å². The molecular formula is C15H20ClN3O2. The second-order valence-electron chi connectivity index (χ2n) is 5.05. The van der Waals surface area contributed by atoms with Crippen molar-refractivity contribution < 1.29 is 9.15 Å². The monoisotopic (exact) mass is 309 g/mol. The number of rotatable bonds is 8. The van der Waals surface area contributed by atoms with Gasteiger partial charge in [0, 0.05) is 17.5 Å². The van der Waals surface area contributed by atoms with E-state index in [-0.39, 0.29) is 6.61 Å². The van der Waals surface area contributed by atoms with Crippen LogP contribution in [-0.2, 0) is 13.0 Å². The molecule has 6 heteroatoms. The number of nitrogens with one attached hydrogen (secondary N) is 1. The van der Waals surface area contributed by atoms with Crippen LogP contribution in [0.15, 0.2) is 28.7 Å². The molecule has 2 rings (SSSR count). The molecule has 114 valence electrons. The van der Waals surface area contributed by atoms with Crippen molar-refractivity contribution in [2.75, 3.05) is 6.54 Å². The molecule has 1 heterocycles. The normalized spacial score (nSPS) is 11.0. The van der Waals surface area contributed by atoms with Gasteiger partial charge in [0.15, 0.2) is 6.61 Å². The molecule has 1 aromatic heterocycles. The Hall–Kier alpha value is -1.59. The Bertz CT molecular complexity index is 557. The predicted molar refractivity (Wildman–Crippen MR) is 81.5 cm³/mol. The molecule has 1 N–H and O–H groups in total. The zero-order valence-electron chi connectivity index (χ0n) is 12.3. The lowest BCUT2D eigenvalue weighted by molar-refractivity contribution is 0.258. The molecule has 1 aromatic carbocycles. The first-order chi connectivity index (χ1) is 10.1. The number of halogens is 1. The standard InChI is InChI=1S/C15H20ClN3O2/c1-11(2)17-8-4-7-14-18-19-15(21-14)10-20-13-6-3-5-12(16)9-13/h3,5-6,9,11,17H,4,7-8,10H2,1-2H3. The molecule has 0 aliphatic heterocycles. The lowest BCUT2D eigenvalue weighted by atomic mass is 10.3. The fraction of sp³-hybridized carbons (Fsp3) is 0.467. The number of aromatic nitrogens is 2. The maximum absolute atomic E-state index is 5.89. The molecule has 0 fully saturated rings. The Morgan fingerprint density at radius 1 is 1.29 bits per heavy atom. The Kier molecular flexibility index (Phi) is 6.02. The van der Waals surface area contributed by atoms with Crippen molar-refractivity contribution in [3.63, 3.8) is 0 Å². The minimum Gasteiger partial charge on any atom is -0.484 e. The van der Waals surface area contributed by atoms with Crippen LogP contribution >= 0.6 is 11.6 Å². The predicted octanol–water partition coefficient (Wildman–Crippen LogP) is 3.23. The third-order valence-corrected chi connectivity index (χ3v) is 3.02. The highest BCUT2D eigenvalue weighted by molar-refractivity contribution is 6.30. The molecule has 0 unspecified atom stereocenters. The van der Waals surface area contributed by atoms with Crippen molar-refractivity contribution >= 4 is 11.6 Å². The fourth-order valence-corrected chi connectivity index (χ4v) is 1.96. The molecule has 0 aliphatic carbocycles. The van der Waals surface area contributed by atoms with Crippen LogP contribution in [0.2, 0.25) is 5.02 Å². The minimum atomic E-state index is 0.248. The van der Waals surface area contributed by atoms with E-state index in [4.69, 9.17) is 20.8 Å². The number of benzene rings is 1. The van der Waals surface area contributed by atoms with Gasteiger partial charge in [-0.05, 0) is 31.2 Å². The molecular weight excluding hydrogens is 290 g/mol. The third-order valence-electron chi connectivity index (χ3n) is 2.79. The summed E-state index contributed by atoms with van der Waals surface area (Å²) >= 11 is 5.89. The lowest BCUT2D eigenvalue weighted by Gasteiger charge is -2.05. The summed E-state index contributed by atoms with van der Waals surface area (Å²) in [6.45, 7) is 5.43. The van der Waals surface area contributed by atoms with Gasteiger partial charge in [-0.1, -0.05) is 31.5 Å². The summed E-state index contributed by atoms with van der Waals surface area (Å²) in [5, 5.41) is 12.0. The Labute approximate surface area is 129 Å². The number of aryl methyl sites for hydroxylation is 1. The maximum Gasteiger partial charge on any atom is 0.253 e. The zero-order chi connectivity index (χ0) is 15.1. The Morgan fingerprint density at radius 2 is 2.10 bits per heavy atom. The number of hydrogen-bond donors (Lipinski definition) is 1. The second-order valence-corrected chi connectivity index (χ2v) is 5.48. The van der Waals surface area contributed by atoms with Crippen molar-refractivity contribution in [2.45, 2.75) is 39.3 Å². The topological polar surface area (TPSA) is 60.2 Å². The van der Waals surface area contributed by atoms with Gasteiger partial charge in [-0.15, -0.1) is 10.2 Å². The SMILES string of the molecule is CC(C)NCCCc1nnc(COc2cccc(Cl)c2)o1. The molecule has 21 heavy (non-hydrogen) atoms. The molecule has 0 amide bonds. The van der Waals surface area contributed by atoms with E-state index < -0.39 is 0 Å². The molecule has 0 saturated heterocycles. The van der Waals surface area contributed by atoms with E-state index in [0.717, 1.165) is 19.4 Å². The van der Waals surface area contributed by atoms with Crippen molar-refractivity contribution in [3.05, 3.63) is 41.1 Å². The maximum atomic E-state index is 5.89. The summed E-state index contributed by atoms with van der Waals surface area (Å²) in [7, 11) is 0. The second kappa shape index (κ2) is 8.00. The van der Waals surface area contributed by atoms with Crippen LogP contribution in [0.25, 0.3) is 0 Å². The van der Waals surface area contributed by atoms with Crippen molar-refractivity contribution in [1.29, 1.82) is 0 Å². The van der Waals surface area contributed by atoms with Crippen molar-refractivity contribution in [3.8, 4) is 5.75 Å². The average Bonchev–Trinajstić information content (AvgIpc) is 2.89. The number of hydrogen-bond acceptors (Lipinski definition) is 5. The Balaban J connectivity index is 1.75. The Morgan fingerprint density at radius 3 is 2.86 bits per heavy atom. The van der Waals surface area contributed by atoms with Gasteiger partial charge in [0.2, 0.25) is 5.89 Å². The van der Waals surface area contributed by atoms with Gasteiger partial charge in [-0.25, -0.2) is 0 Å². The zero-order valence-corrected chi connectivity index (χ0v) is 13.1. The molecule has 0 spiro atoms. The van der Waals surface area contributed by atoms with Crippen LogP contribution < -0.4 is 10.1 Å².